The topological polar surface area (TPSA) is 98.7 Å². The van der Waals surface area contributed by atoms with Crippen molar-refractivity contribution in [3.8, 4) is 22.8 Å². The van der Waals surface area contributed by atoms with E-state index in [2.05, 4.69) is 6.58 Å². The van der Waals surface area contributed by atoms with Crippen LogP contribution in [-0.2, 0) is 9.53 Å². The summed E-state index contributed by atoms with van der Waals surface area (Å²) in [5.74, 6) is -1.21. The van der Waals surface area contributed by atoms with Crippen molar-refractivity contribution >= 4 is 29.2 Å². The van der Waals surface area contributed by atoms with Gasteiger partial charge >= 0.3 is 0 Å². The van der Waals surface area contributed by atoms with E-state index in [0.717, 1.165) is 6.54 Å². The zero-order valence-electron chi connectivity index (χ0n) is 23.5. The van der Waals surface area contributed by atoms with Gasteiger partial charge in [0.05, 0.1) is 30.4 Å². The predicted molar refractivity (Wildman–Crippen MR) is 153 cm³/mol. The number of phenolic OH excluding ortho intramolecular Hbond substituents is 1. The highest BCUT2D eigenvalue weighted by Crippen LogP contribution is 2.47. The van der Waals surface area contributed by atoms with E-state index in [1.54, 1.807) is 9.80 Å². The number of fused-ring (bicyclic) bond motifs is 2. The van der Waals surface area contributed by atoms with Gasteiger partial charge in [0.2, 0.25) is 5.91 Å². The average Bonchev–Trinajstić information content (AvgIpc) is 3.23. The molecule has 2 fully saturated rings. The molecule has 1 N–H and O–H groups in total. The highest BCUT2D eigenvalue weighted by Gasteiger charge is 2.43. The third kappa shape index (κ3) is 5.45. The fourth-order valence-corrected chi connectivity index (χ4v) is 6.00. The largest absolute Gasteiger partial charge is 0.507 e. The van der Waals surface area contributed by atoms with E-state index in [4.69, 9.17) is 26.1 Å². The summed E-state index contributed by atoms with van der Waals surface area (Å²) >= 11 is 6.82. The Hall–Kier alpha value is -3.41. The Labute approximate surface area is 243 Å². The van der Waals surface area contributed by atoms with Crippen molar-refractivity contribution in [1.29, 1.82) is 0 Å². The number of aromatic nitrogens is 1. The number of hydrogen-bond acceptors (Lipinski definition) is 8. The number of anilines is 1. The number of rotatable bonds is 7. The van der Waals surface area contributed by atoms with E-state index in [0.29, 0.717) is 38.5 Å². The first-order valence-electron chi connectivity index (χ1n) is 13.7. The lowest BCUT2D eigenvalue weighted by Crippen LogP contribution is -2.57. The number of carbonyl (C=O) groups excluding carboxylic acids is 2. The van der Waals surface area contributed by atoms with Gasteiger partial charge in [-0.3, -0.25) is 9.59 Å². The molecule has 10 nitrogen and oxygen atoms in total. The average molecular weight is 588 g/mol. The fraction of sp³-hybridized carbons (Fsp3) is 0.483. The number of hydrogen-bond donors (Lipinski definition) is 1. The van der Waals surface area contributed by atoms with Gasteiger partial charge < -0.3 is 34.2 Å². The highest BCUT2D eigenvalue weighted by atomic mass is 35.5. The van der Waals surface area contributed by atoms with E-state index in [9.17, 15) is 14.7 Å². The molecule has 5 rings (SSSR count). The molecule has 0 saturated carbocycles. The first kappa shape index (κ1) is 29.1. The summed E-state index contributed by atoms with van der Waals surface area (Å²) in [6.07, 6.45) is 1.84. The van der Waals surface area contributed by atoms with Crippen molar-refractivity contribution in [2.45, 2.75) is 31.5 Å². The minimum Gasteiger partial charge on any atom is -0.507 e. The van der Waals surface area contributed by atoms with Crippen molar-refractivity contribution in [3.05, 3.63) is 47.3 Å². The number of pyridine rings is 1. The van der Waals surface area contributed by atoms with E-state index in [1.165, 1.54) is 24.3 Å². The van der Waals surface area contributed by atoms with Gasteiger partial charge in [-0.1, -0.05) is 24.2 Å². The predicted octanol–water partition coefficient (Wildman–Crippen LogP) is 3.02. The molecule has 0 radical (unpaired) electrons. The van der Waals surface area contributed by atoms with Crippen LogP contribution in [0, 0.1) is 5.82 Å². The molecule has 2 amide bonds. The molecule has 3 atom stereocenters. The van der Waals surface area contributed by atoms with Crippen LogP contribution in [0.3, 0.4) is 0 Å². The van der Waals surface area contributed by atoms with E-state index in [1.807, 2.05) is 30.8 Å². The smallest absolute Gasteiger partial charge is 0.261 e. The number of phenols is 1. The highest BCUT2D eigenvalue weighted by molar-refractivity contribution is 6.35. The number of benzene rings is 1. The van der Waals surface area contributed by atoms with Crippen molar-refractivity contribution < 1.29 is 28.6 Å². The van der Waals surface area contributed by atoms with E-state index < -0.39 is 11.9 Å². The van der Waals surface area contributed by atoms with Crippen LogP contribution in [0.15, 0.2) is 30.9 Å². The minimum atomic E-state index is -0.708. The molecule has 3 aliphatic heterocycles. The van der Waals surface area contributed by atoms with Gasteiger partial charge in [-0.05, 0) is 45.6 Å². The maximum absolute atomic E-state index is 15.1. The van der Waals surface area contributed by atoms with Crippen molar-refractivity contribution in [2.75, 3.05) is 64.9 Å². The first-order valence-corrected chi connectivity index (χ1v) is 14.1. The quantitative estimate of drug-likeness (QED) is 0.494. The van der Waals surface area contributed by atoms with Gasteiger partial charge in [-0.2, -0.15) is 0 Å². The number of carbonyl (C=O) groups is 2. The molecule has 0 bridgehead atoms. The van der Waals surface area contributed by atoms with Crippen molar-refractivity contribution in [2.24, 2.45) is 0 Å². The normalized spacial score (nSPS) is 22.3. The molecular weight excluding hydrogens is 553 g/mol. The molecular formula is C29H35ClFN5O5. The van der Waals surface area contributed by atoms with Crippen LogP contribution in [0.5, 0.6) is 11.5 Å². The summed E-state index contributed by atoms with van der Waals surface area (Å²) in [7, 11) is 3.96. The van der Waals surface area contributed by atoms with Crippen LogP contribution in [0.1, 0.15) is 23.7 Å². The van der Waals surface area contributed by atoms with Gasteiger partial charge in [-0.15, -0.1) is 0 Å². The second kappa shape index (κ2) is 11.8. The number of piperazine rings is 1. The third-order valence-corrected chi connectivity index (χ3v) is 8.35. The zero-order valence-corrected chi connectivity index (χ0v) is 24.2. The molecule has 4 heterocycles. The van der Waals surface area contributed by atoms with Crippen molar-refractivity contribution in [1.82, 2.24) is 19.7 Å². The zero-order chi connectivity index (χ0) is 29.4. The maximum Gasteiger partial charge on any atom is 0.261 e. The second-order valence-corrected chi connectivity index (χ2v) is 11.2. The van der Waals surface area contributed by atoms with Crippen LogP contribution in [-0.4, -0.2) is 115 Å². The van der Waals surface area contributed by atoms with Gasteiger partial charge in [0.15, 0.2) is 5.75 Å². The summed E-state index contributed by atoms with van der Waals surface area (Å²) in [6.45, 7) is 8.41. The van der Waals surface area contributed by atoms with Crippen LogP contribution >= 0.6 is 11.6 Å². The standard InChI is InChI=1S/C29H35ClFN5O5/c1-5-22(38)34-11-12-36-18(15-34)16-41-27-24(29(36)39)28(35-10-9-21(17(35)2)40-14-13-33(3)4)32-26(25(27)30)23-19(31)7-6-8-20(23)37/h5-8,17-18,21,37H,1,9-16H2,2-4H3/t17-,18?,21?/m0/s1. The Balaban J connectivity index is 1.59. The molecule has 1 aromatic carbocycles. The van der Waals surface area contributed by atoms with Crippen LogP contribution in [0.25, 0.3) is 11.3 Å². The molecule has 12 heteroatoms. The van der Waals surface area contributed by atoms with Crippen LogP contribution in [0.2, 0.25) is 5.02 Å². The molecule has 1 aromatic heterocycles. The molecule has 41 heavy (non-hydrogen) atoms. The maximum atomic E-state index is 15.1. The Morgan fingerprint density at radius 2 is 2.07 bits per heavy atom. The Morgan fingerprint density at radius 1 is 1.29 bits per heavy atom. The summed E-state index contributed by atoms with van der Waals surface area (Å²) in [4.78, 5) is 38.6. The molecule has 3 aliphatic rings. The number of amides is 2. The first-order chi connectivity index (χ1) is 19.6. The summed E-state index contributed by atoms with van der Waals surface area (Å²) in [5, 5.41) is 10.5. The lowest BCUT2D eigenvalue weighted by atomic mass is 10.0. The molecule has 0 aliphatic carbocycles. The van der Waals surface area contributed by atoms with E-state index in [-0.39, 0.29) is 70.5 Å². The summed E-state index contributed by atoms with van der Waals surface area (Å²) in [5.41, 5.74) is -0.00866. The molecule has 2 aromatic rings. The van der Waals surface area contributed by atoms with Gasteiger partial charge in [-0.25, -0.2) is 9.37 Å². The number of ether oxygens (including phenoxy) is 2. The third-order valence-electron chi connectivity index (χ3n) is 7.99. The lowest BCUT2D eigenvalue weighted by Gasteiger charge is -2.39. The minimum absolute atomic E-state index is 0.0173. The van der Waals surface area contributed by atoms with Crippen LogP contribution in [0.4, 0.5) is 10.2 Å². The number of likely N-dealkylation sites (N-methyl/N-ethyl adjacent to an activating group) is 1. The fourth-order valence-electron chi connectivity index (χ4n) is 5.72. The number of aromatic hydroxyl groups is 1. The van der Waals surface area contributed by atoms with Gasteiger partial charge in [0.1, 0.15) is 40.3 Å². The summed E-state index contributed by atoms with van der Waals surface area (Å²) in [6, 6.07) is 3.36. The SMILES string of the molecule is C=CC(=O)N1CCN2C(=O)c3c(N4CCC(OCCN(C)C)[C@@H]4C)nc(-c4c(O)cccc4F)c(Cl)c3OCC2C1. The molecule has 2 unspecified atom stereocenters. The van der Waals surface area contributed by atoms with E-state index >= 15 is 4.39 Å². The number of nitrogens with zero attached hydrogens (tertiary/aromatic N) is 5. The van der Waals surface area contributed by atoms with Crippen LogP contribution < -0.4 is 9.64 Å². The molecule has 0 spiro atoms. The molecule has 220 valence electrons. The van der Waals surface area contributed by atoms with Gasteiger partial charge in [0, 0.05) is 32.7 Å². The Bertz CT molecular complexity index is 1340. The lowest BCUT2D eigenvalue weighted by molar-refractivity contribution is -0.128. The summed E-state index contributed by atoms with van der Waals surface area (Å²) < 4.78 is 27.5. The van der Waals surface area contributed by atoms with Gasteiger partial charge in [0.25, 0.3) is 5.91 Å². The monoisotopic (exact) mass is 587 g/mol. The van der Waals surface area contributed by atoms with Crippen molar-refractivity contribution in [3.63, 3.8) is 0 Å². The molecule has 2 saturated heterocycles. The number of halogens is 2. The Kier molecular flexibility index (Phi) is 8.40. The second-order valence-electron chi connectivity index (χ2n) is 10.8. The Morgan fingerprint density at radius 3 is 2.78 bits per heavy atom.